The number of halogens is 6. The number of aliphatic hydroxyl groups is 1. The topological polar surface area (TPSA) is 93.6 Å². The lowest BCUT2D eigenvalue weighted by Crippen LogP contribution is -2.50. The Morgan fingerprint density at radius 3 is 2.00 bits per heavy atom. The Hall–Kier alpha value is -4.17. The van der Waals surface area contributed by atoms with Crippen molar-refractivity contribution in [3.05, 3.63) is 88.1 Å². The summed E-state index contributed by atoms with van der Waals surface area (Å²) in [5.41, 5.74) is 1.43. The van der Waals surface area contributed by atoms with E-state index >= 15 is 0 Å². The average Bonchev–Trinajstić information content (AvgIpc) is 2.92. The highest BCUT2D eigenvalue weighted by atomic mass is 19.2. The minimum atomic E-state index is -1.61. The van der Waals surface area contributed by atoms with Crippen molar-refractivity contribution in [3.63, 3.8) is 0 Å². The molecule has 2 aromatic carbocycles. The molecule has 14 heteroatoms. The number of aromatic nitrogens is 2. The quantitative estimate of drug-likeness (QED) is 0.187. The van der Waals surface area contributed by atoms with E-state index < -0.39 is 40.9 Å². The molecule has 0 saturated heterocycles. The zero-order valence-electron chi connectivity index (χ0n) is 23.2. The molecule has 1 aliphatic carbocycles. The number of rotatable bonds is 9. The first-order valence-corrected chi connectivity index (χ1v) is 13.3. The molecular weight excluding hydrogens is 578 g/mol. The van der Waals surface area contributed by atoms with Gasteiger partial charge < -0.3 is 20.6 Å². The largest absolute Gasteiger partial charge is 0.392 e. The third kappa shape index (κ3) is 6.02. The summed E-state index contributed by atoms with van der Waals surface area (Å²) in [6.07, 6.45) is 0.933. The van der Waals surface area contributed by atoms with E-state index in [0.29, 0.717) is 35.6 Å². The van der Waals surface area contributed by atoms with Gasteiger partial charge in [0.15, 0.2) is 40.7 Å². The molecule has 0 bridgehead atoms. The Balaban J connectivity index is 1.34. The highest BCUT2D eigenvalue weighted by molar-refractivity contribution is 6.05. The second kappa shape index (κ2) is 11.8. The summed E-state index contributed by atoms with van der Waals surface area (Å²) in [5.74, 6) is -8.36. The number of nitrogens with zero attached hydrogens (tertiary/aromatic N) is 4. The van der Waals surface area contributed by atoms with Gasteiger partial charge in [0.25, 0.3) is 5.91 Å². The van der Waals surface area contributed by atoms with Gasteiger partial charge in [0.2, 0.25) is 5.95 Å². The molecule has 43 heavy (non-hydrogen) atoms. The second-order valence-electron chi connectivity index (χ2n) is 10.8. The van der Waals surface area contributed by atoms with E-state index in [1.165, 1.54) is 0 Å². The summed E-state index contributed by atoms with van der Waals surface area (Å²) in [6, 6.07) is 2.16. The lowest BCUT2D eigenvalue weighted by Gasteiger charge is -2.43. The number of aliphatic hydroxyl groups excluding tert-OH is 1. The van der Waals surface area contributed by atoms with E-state index in [0.717, 1.165) is 24.3 Å². The maximum absolute atomic E-state index is 13.9. The van der Waals surface area contributed by atoms with Gasteiger partial charge in [0.05, 0.1) is 12.3 Å². The van der Waals surface area contributed by atoms with Crippen LogP contribution in [0.3, 0.4) is 0 Å². The molecule has 5 rings (SSSR count). The second-order valence-corrected chi connectivity index (χ2v) is 10.8. The van der Waals surface area contributed by atoms with Crippen LogP contribution >= 0.6 is 0 Å². The van der Waals surface area contributed by atoms with Gasteiger partial charge in [0, 0.05) is 32.2 Å². The molecule has 8 nitrogen and oxygen atoms in total. The fourth-order valence-electron chi connectivity index (χ4n) is 5.43. The van der Waals surface area contributed by atoms with E-state index in [-0.39, 0.29) is 54.8 Å². The zero-order chi connectivity index (χ0) is 31.2. The van der Waals surface area contributed by atoms with Crippen LogP contribution in [0.2, 0.25) is 0 Å². The molecule has 1 amide bonds. The van der Waals surface area contributed by atoms with Crippen molar-refractivity contribution in [1.29, 1.82) is 0 Å². The number of amides is 1. The summed E-state index contributed by atoms with van der Waals surface area (Å²) in [5, 5.41) is 15.5. The Bertz CT molecular complexity index is 1490. The minimum absolute atomic E-state index is 0.0821. The molecule has 1 atom stereocenters. The van der Waals surface area contributed by atoms with E-state index in [1.54, 1.807) is 23.8 Å². The molecule has 0 radical (unpaired) electrons. The molecule has 0 spiro atoms. The van der Waals surface area contributed by atoms with Crippen LogP contribution in [0.15, 0.2) is 36.4 Å². The van der Waals surface area contributed by atoms with Gasteiger partial charge in [-0.3, -0.25) is 9.69 Å². The number of carbonyl (C=O) groups excluding carboxylic acids is 1. The summed E-state index contributed by atoms with van der Waals surface area (Å²) in [4.78, 5) is 24.9. The molecule has 2 heterocycles. The smallest absolute Gasteiger partial charge is 0.251 e. The number of hydrogen-bond acceptors (Lipinski definition) is 7. The SMILES string of the molecule is C=C(CO)[C@H]1C(=O)Nc2c(C)nc(N[C@H]3C[C@H](N(Cc4cc(F)c(F)c(F)c4)Cc4cc(F)c(F)c(F)c4)C3)nc2N1C. The molecule has 1 fully saturated rings. The van der Waals surface area contributed by atoms with Gasteiger partial charge in [-0.25, -0.2) is 31.3 Å². The number of likely N-dealkylation sites (N-methyl/N-ethyl adjacent to an activating group) is 1. The Morgan fingerprint density at radius 1 is 1.00 bits per heavy atom. The summed E-state index contributed by atoms with van der Waals surface area (Å²) in [7, 11) is 1.65. The number of fused-ring (bicyclic) bond motifs is 1. The van der Waals surface area contributed by atoms with Crippen molar-refractivity contribution in [2.45, 2.75) is 51.0 Å². The lowest BCUT2D eigenvalue weighted by atomic mass is 9.85. The van der Waals surface area contributed by atoms with Crippen molar-refractivity contribution in [1.82, 2.24) is 14.9 Å². The maximum atomic E-state index is 13.9. The number of aryl methyl sites for hydroxylation is 1. The Labute approximate surface area is 243 Å². The van der Waals surface area contributed by atoms with Gasteiger partial charge >= 0.3 is 0 Å². The molecular formula is C29H28F6N6O2. The molecule has 228 valence electrons. The van der Waals surface area contributed by atoms with Crippen molar-refractivity contribution < 1.29 is 36.2 Å². The van der Waals surface area contributed by atoms with E-state index in [1.807, 2.05) is 0 Å². The summed E-state index contributed by atoms with van der Waals surface area (Å²) >= 11 is 0. The molecule has 1 aromatic heterocycles. The van der Waals surface area contributed by atoms with Crippen LogP contribution in [0.25, 0.3) is 0 Å². The lowest BCUT2D eigenvalue weighted by molar-refractivity contribution is -0.117. The molecule has 1 aliphatic heterocycles. The number of carbonyl (C=O) groups is 1. The van der Waals surface area contributed by atoms with E-state index in [9.17, 15) is 36.2 Å². The summed E-state index contributed by atoms with van der Waals surface area (Å²) < 4.78 is 82.7. The van der Waals surface area contributed by atoms with Crippen LogP contribution < -0.4 is 15.5 Å². The van der Waals surface area contributed by atoms with Crippen LogP contribution in [-0.2, 0) is 17.9 Å². The first-order valence-electron chi connectivity index (χ1n) is 13.3. The first-order chi connectivity index (χ1) is 20.4. The van der Waals surface area contributed by atoms with Gasteiger partial charge in [-0.05, 0) is 60.7 Å². The molecule has 0 unspecified atom stereocenters. The van der Waals surface area contributed by atoms with Crippen LogP contribution in [0.5, 0.6) is 0 Å². The Kier molecular flexibility index (Phi) is 8.34. The third-order valence-corrected chi connectivity index (χ3v) is 7.70. The van der Waals surface area contributed by atoms with Crippen LogP contribution in [0, 0.1) is 41.8 Å². The average molecular weight is 607 g/mol. The van der Waals surface area contributed by atoms with E-state index in [4.69, 9.17) is 0 Å². The van der Waals surface area contributed by atoms with E-state index in [2.05, 4.69) is 27.2 Å². The molecule has 1 saturated carbocycles. The number of nitrogens with one attached hydrogen (secondary N) is 2. The summed E-state index contributed by atoms with van der Waals surface area (Å²) in [6.45, 7) is 4.91. The predicted octanol–water partition coefficient (Wildman–Crippen LogP) is 4.57. The standard InChI is InChI=1S/C29H28F6N6O2/c1-13(12-42)26-28(43)38-25-14(2)36-29(39-27(25)40(26)3)37-17-8-18(9-17)41(10-15-4-19(30)23(34)20(31)5-15)11-16-6-21(32)24(35)22(33)7-16/h4-7,17-18,26,42H,1,8-12H2,2-3H3,(H,38,43)(H,36,37,39)/t17-,18-,26-/m0/s1. The third-order valence-electron chi connectivity index (χ3n) is 7.70. The van der Waals surface area contributed by atoms with Crippen molar-refractivity contribution in [3.8, 4) is 0 Å². The molecule has 3 aromatic rings. The van der Waals surface area contributed by atoms with Gasteiger partial charge in [-0.15, -0.1) is 0 Å². The minimum Gasteiger partial charge on any atom is -0.392 e. The fraction of sp³-hybridized carbons (Fsp3) is 0.345. The van der Waals surface area contributed by atoms with Gasteiger partial charge in [0.1, 0.15) is 11.7 Å². The zero-order valence-corrected chi connectivity index (χ0v) is 23.2. The van der Waals surface area contributed by atoms with Crippen molar-refractivity contribution in [2.75, 3.05) is 29.2 Å². The normalized spacial score (nSPS) is 19.6. The number of hydrogen-bond donors (Lipinski definition) is 3. The highest BCUT2D eigenvalue weighted by Crippen LogP contribution is 2.36. The van der Waals surface area contributed by atoms with Gasteiger partial charge in [-0.1, -0.05) is 6.58 Å². The molecule has 2 aliphatic rings. The molecule has 3 N–H and O–H groups in total. The fourth-order valence-corrected chi connectivity index (χ4v) is 5.43. The Morgan fingerprint density at radius 2 is 1.51 bits per heavy atom. The van der Waals surface area contributed by atoms with Crippen LogP contribution in [-0.4, -0.2) is 57.7 Å². The maximum Gasteiger partial charge on any atom is 0.251 e. The highest BCUT2D eigenvalue weighted by Gasteiger charge is 2.37. The van der Waals surface area contributed by atoms with Gasteiger partial charge in [-0.2, -0.15) is 4.98 Å². The first kappa shape index (κ1) is 30.3. The predicted molar refractivity (Wildman–Crippen MR) is 146 cm³/mol. The number of anilines is 3. The van der Waals surface area contributed by atoms with Crippen molar-refractivity contribution >= 4 is 23.4 Å². The van der Waals surface area contributed by atoms with Crippen LogP contribution in [0.4, 0.5) is 43.8 Å². The number of benzene rings is 2. The monoisotopic (exact) mass is 606 g/mol. The van der Waals surface area contributed by atoms with Crippen LogP contribution in [0.1, 0.15) is 29.7 Å². The van der Waals surface area contributed by atoms with Crippen molar-refractivity contribution in [2.24, 2.45) is 0 Å².